The van der Waals surface area contributed by atoms with Crippen LogP contribution in [-0.4, -0.2) is 32.9 Å². The van der Waals surface area contributed by atoms with E-state index < -0.39 is 17.6 Å². The van der Waals surface area contributed by atoms with E-state index in [4.69, 9.17) is 22.4 Å². The van der Waals surface area contributed by atoms with Crippen LogP contribution in [0, 0.1) is 5.92 Å². The molecular formula is C21H23ClN6O2. The fourth-order valence-electron chi connectivity index (χ4n) is 3.08. The molecule has 2 atom stereocenters. The molecule has 3 N–H and O–H groups in total. The fraction of sp³-hybridized carbons (Fsp3) is 0.238. The monoisotopic (exact) mass is 426 g/mol. The van der Waals surface area contributed by atoms with Crippen molar-refractivity contribution in [1.29, 1.82) is 0 Å². The molecule has 1 aliphatic heterocycles. The number of amides is 1. The van der Waals surface area contributed by atoms with Gasteiger partial charge < -0.3 is 5.73 Å². The number of hydrogen-bond acceptors (Lipinski definition) is 5. The van der Waals surface area contributed by atoms with Crippen LogP contribution in [0.15, 0.2) is 70.6 Å². The van der Waals surface area contributed by atoms with Crippen LogP contribution in [0.1, 0.15) is 25.5 Å². The minimum atomic E-state index is -0.862. The lowest BCUT2D eigenvalue weighted by atomic mass is 9.97. The average molecular weight is 427 g/mol. The number of hydrazone groups is 1. The Morgan fingerprint density at radius 1 is 1.27 bits per heavy atom. The number of primary amides is 1. The number of nitrogens with zero attached hydrogens (tertiary/aromatic N) is 4. The van der Waals surface area contributed by atoms with Crippen molar-refractivity contribution in [3.8, 4) is 0 Å². The maximum atomic E-state index is 12.2. The summed E-state index contributed by atoms with van der Waals surface area (Å²) >= 11 is 6.02. The summed E-state index contributed by atoms with van der Waals surface area (Å²) in [5, 5.41) is 13.4. The van der Waals surface area contributed by atoms with E-state index in [0.717, 1.165) is 11.3 Å². The van der Waals surface area contributed by atoms with Crippen LogP contribution in [0.4, 0.5) is 5.95 Å². The van der Waals surface area contributed by atoms with Crippen molar-refractivity contribution in [2.45, 2.75) is 19.9 Å². The number of benzene rings is 1. The molecule has 1 aromatic heterocycles. The number of halogens is 1. The van der Waals surface area contributed by atoms with Gasteiger partial charge in [0.05, 0.1) is 12.3 Å². The highest BCUT2D eigenvalue weighted by Crippen LogP contribution is 2.26. The lowest BCUT2D eigenvalue weighted by Gasteiger charge is -2.17. The van der Waals surface area contributed by atoms with E-state index in [-0.39, 0.29) is 11.9 Å². The average Bonchev–Trinajstić information content (AvgIpc) is 3.31. The summed E-state index contributed by atoms with van der Waals surface area (Å²) in [4.78, 5) is 23.9. The number of nitrogens with one attached hydrogen (secondary N) is 1. The largest absolute Gasteiger partial charge is 0.368 e. The zero-order chi connectivity index (χ0) is 21.7. The number of H-pyrrole nitrogens is 1. The normalized spacial score (nSPS) is 18.0. The van der Waals surface area contributed by atoms with Crippen LogP contribution in [0.2, 0.25) is 5.02 Å². The van der Waals surface area contributed by atoms with Crippen LogP contribution in [0.5, 0.6) is 0 Å². The number of allylic oxidation sites excluding steroid dienone is 5. The van der Waals surface area contributed by atoms with Crippen LogP contribution in [-0.2, 0) is 4.79 Å². The first kappa shape index (κ1) is 21.3. The van der Waals surface area contributed by atoms with Crippen molar-refractivity contribution < 1.29 is 4.79 Å². The van der Waals surface area contributed by atoms with E-state index in [9.17, 15) is 9.59 Å². The molecule has 2 aromatic rings. The molecule has 0 aliphatic carbocycles. The fourth-order valence-corrected chi connectivity index (χ4v) is 3.21. The molecule has 0 saturated carbocycles. The summed E-state index contributed by atoms with van der Waals surface area (Å²) in [6.45, 7) is 3.94. The van der Waals surface area contributed by atoms with Gasteiger partial charge >= 0.3 is 5.69 Å². The van der Waals surface area contributed by atoms with Crippen molar-refractivity contribution in [3.05, 3.63) is 81.8 Å². The molecule has 9 heteroatoms. The molecule has 8 nitrogen and oxygen atoms in total. The van der Waals surface area contributed by atoms with Gasteiger partial charge in [0.1, 0.15) is 6.04 Å². The van der Waals surface area contributed by atoms with Crippen LogP contribution >= 0.6 is 11.6 Å². The summed E-state index contributed by atoms with van der Waals surface area (Å²) in [6.07, 6.45) is 11.7. The smallest absolute Gasteiger partial charge is 0.345 e. The molecule has 0 fully saturated rings. The van der Waals surface area contributed by atoms with Crippen LogP contribution in [0.3, 0.4) is 0 Å². The van der Waals surface area contributed by atoms with Gasteiger partial charge in [-0.05, 0) is 31.5 Å². The predicted octanol–water partition coefficient (Wildman–Crippen LogP) is 2.80. The summed E-state index contributed by atoms with van der Waals surface area (Å²) in [7, 11) is 0. The third kappa shape index (κ3) is 4.60. The number of hydrogen-bond donors (Lipinski definition) is 2. The van der Waals surface area contributed by atoms with E-state index in [1.165, 1.54) is 4.57 Å². The van der Waals surface area contributed by atoms with Crippen molar-refractivity contribution in [1.82, 2.24) is 14.8 Å². The Bertz CT molecular complexity index is 1080. The maximum Gasteiger partial charge on any atom is 0.345 e. The number of carbonyl (C=O) groups is 1. The Balaban J connectivity index is 1.99. The van der Waals surface area contributed by atoms with Crippen molar-refractivity contribution in [2.75, 3.05) is 11.6 Å². The number of aromatic amines is 1. The molecule has 1 amide bonds. The Morgan fingerprint density at radius 3 is 2.63 bits per heavy atom. The topological polar surface area (TPSA) is 109 Å². The first-order valence-corrected chi connectivity index (χ1v) is 9.84. The molecule has 30 heavy (non-hydrogen) atoms. The Kier molecular flexibility index (Phi) is 6.68. The van der Waals surface area contributed by atoms with Crippen LogP contribution in [0.25, 0.3) is 0 Å². The quantitative estimate of drug-likeness (QED) is 0.663. The number of rotatable bonds is 7. The Hall–Kier alpha value is -3.39. The van der Waals surface area contributed by atoms with Gasteiger partial charge in [-0.25, -0.2) is 19.5 Å². The van der Waals surface area contributed by atoms with Gasteiger partial charge in [0.15, 0.2) is 0 Å². The summed E-state index contributed by atoms with van der Waals surface area (Å²) in [5.74, 6) is -0.463. The molecular weight excluding hydrogens is 404 g/mol. The highest BCUT2D eigenvalue weighted by molar-refractivity contribution is 6.30. The van der Waals surface area contributed by atoms with E-state index in [0.29, 0.717) is 11.6 Å². The molecule has 0 saturated heterocycles. The van der Waals surface area contributed by atoms with Crippen molar-refractivity contribution >= 4 is 29.2 Å². The minimum Gasteiger partial charge on any atom is -0.368 e. The molecule has 0 bridgehead atoms. The van der Waals surface area contributed by atoms with Gasteiger partial charge in [-0.1, -0.05) is 60.2 Å². The Morgan fingerprint density at radius 2 is 1.97 bits per heavy atom. The third-order valence-electron chi connectivity index (χ3n) is 4.67. The molecule has 0 unspecified atom stereocenters. The van der Waals surface area contributed by atoms with Crippen LogP contribution < -0.4 is 16.4 Å². The minimum absolute atomic E-state index is 0.0643. The maximum absolute atomic E-state index is 12.2. The van der Waals surface area contributed by atoms with E-state index >= 15 is 0 Å². The first-order chi connectivity index (χ1) is 14.4. The second-order valence-corrected chi connectivity index (χ2v) is 7.19. The van der Waals surface area contributed by atoms with Gasteiger partial charge in [-0.3, -0.25) is 4.79 Å². The number of anilines is 1. The number of carbonyl (C=O) groups excluding carboxylic acids is 1. The zero-order valence-corrected chi connectivity index (χ0v) is 17.5. The van der Waals surface area contributed by atoms with Gasteiger partial charge in [0.25, 0.3) is 0 Å². The number of nitrogens with two attached hydrogens (primary N) is 1. The molecule has 0 radical (unpaired) electrons. The highest BCUT2D eigenvalue weighted by Gasteiger charge is 2.31. The van der Waals surface area contributed by atoms with Crippen molar-refractivity contribution in [3.63, 3.8) is 0 Å². The standard InChI is InChI=1S/C21H23ClN6O2/c1-3-4-5-6-7-8-16-13-27(26-18(16)15-9-11-17(22)12-10-15)20-24-25-21(30)28(20)14(2)19(23)29/h3-12,14,16H,13H2,1-2H3,(H2,23,29)(H,25,30)/b4-3-,6-5-,8-7+/t14-,16-/m0/s1. The molecule has 1 aliphatic rings. The van der Waals surface area contributed by atoms with Gasteiger partial charge in [-0.2, -0.15) is 5.10 Å². The summed E-state index contributed by atoms with van der Waals surface area (Å²) < 4.78 is 1.21. The molecule has 2 heterocycles. The second kappa shape index (κ2) is 9.41. The lowest BCUT2D eigenvalue weighted by Crippen LogP contribution is -2.33. The second-order valence-electron chi connectivity index (χ2n) is 6.75. The van der Waals surface area contributed by atoms with Crippen molar-refractivity contribution in [2.24, 2.45) is 16.8 Å². The molecule has 3 rings (SSSR count). The number of aromatic nitrogens is 3. The van der Waals surface area contributed by atoms with Gasteiger partial charge in [0, 0.05) is 10.9 Å². The molecule has 1 aromatic carbocycles. The zero-order valence-electron chi connectivity index (χ0n) is 16.7. The third-order valence-corrected chi connectivity index (χ3v) is 4.93. The molecule has 156 valence electrons. The van der Waals surface area contributed by atoms with Gasteiger partial charge in [-0.15, -0.1) is 5.10 Å². The summed E-state index contributed by atoms with van der Waals surface area (Å²) in [5.41, 5.74) is 6.58. The SMILES string of the molecule is C\C=C/C=C\C=C\[C@H]1CN(c2n[nH]c(=O)n2[C@@H](C)C(N)=O)N=C1c1ccc(Cl)cc1. The van der Waals surface area contributed by atoms with E-state index in [2.05, 4.69) is 10.2 Å². The first-order valence-electron chi connectivity index (χ1n) is 9.46. The highest BCUT2D eigenvalue weighted by atomic mass is 35.5. The predicted molar refractivity (Wildman–Crippen MR) is 119 cm³/mol. The summed E-state index contributed by atoms with van der Waals surface area (Å²) in [6, 6.07) is 6.53. The van der Waals surface area contributed by atoms with E-state index in [1.807, 2.05) is 55.5 Å². The van der Waals surface area contributed by atoms with Gasteiger partial charge in [0.2, 0.25) is 11.9 Å². The Labute approximate surface area is 179 Å². The van der Waals surface area contributed by atoms with E-state index in [1.54, 1.807) is 24.1 Å². The lowest BCUT2D eigenvalue weighted by molar-refractivity contribution is -0.120. The molecule has 0 spiro atoms.